The highest BCUT2D eigenvalue weighted by molar-refractivity contribution is 4.87. The second-order valence-corrected chi connectivity index (χ2v) is 5.26. The van der Waals surface area contributed by atoms with Crippen LogP contribution in [0.3, 0.4) is 0 Å². The molecule has 1 aliphatic rings. The molecule has 0 saturated carbocycles. The Bertz CT molecular complexity index is 230. The maximum Gasteiger partial charge on any atom is 0.0672 e. The largest absolute Gasteiger partial charge is 0.376 e. The highest BCUT2D eigenvalue weighted by Crippen LogP contribution is 2.11. The fourth-order valence-electron chi connectivity index (χ4n) is 2.15. The van der Waals surface area contributed by atoms with Gasteiger partial charge < -0.3 is 10.1 Å². The molecule has 0 aliphatic carbocycles. The second kappa shape index (κ2) is 7.85. The number of hydrogen-bond acceptors (Lipinski definition) is 3. The molecule has 0 radical (unpaired) electrons. The number of nitrogens with one attached hydrogen (secondary N) is 1. The molecule has 1 heterocycles. The molecule has 0 aromatic heterocycles. The summed E-state index contributed by atoms with van der Waals surface area (Å²) < 4.78 is 5.56. The van der Waals surface area contributed by atoms with Gasteiger partial charge in [-0.1, -0.05) is 32.4 Å². The van der Waals surface area contributed by atoms with E-state index in [1.807, 2.05) is 6.92 Å². The standard InChI is InChI=1S/C14H28N2O/c1-5-13(4)14-10-16(7-6-15-14)8-9-17-11-12(2)3/h13-15H,2,5-11H2,1,3-4H3. The van der Waals surface area contributed by atoms with Crippen LogP contribution in [-0.2, 0) is 4.74 Å². The van der Waals surface area contributed by atoms with Crippen molar-refractivity contribution in [2.75, 3.05) is 39.4 Å². The summed E-state index contributed by atoms with van der Waals surface area (Å²) in [5.74, 6) is 0.758. The van der Waals surface area contributed by atoms with Gasteiger partial charge in [-0.05, 0) is 12.8 Å². The van der Waals surface area contributed by atoms with Crippen molar-refractivity contribution in [2.24, 2.45) is 5.92 Å². The average Bonchev–Trinajstić information content (AvgIpc) is 2.34. The van der Waals surface area contributed by atoms with Crippen LogP contribution in [0.4, 0.5) is 0 Å². The molecular weight excluding hydrogens is 212 g/mol. The second-order valence-electron chi connectivity index (χ2n) is 5.26. The van der Waals surface area contributed by atoms with Gasteiger partial charge >= 0.3 is 0 Å². The Labute approximate surface area is 106 Å². The lowest BCUT2D eigenvalue weighted by atomic mass is 9.97. The Hall–Kier alpha value is -0.380. The van der Waals surface area contributed by atoms with Crippen molar-refractivity contribution in [1.82, 2.24) is 10.2 Å². The van der Waals surface area contributed by atoms with Gasteiger partial charge in [0.2, 0.25) is 0 Å². The number of hydrogen-bond donors (Lipinski definition) is 1. The maximum absolute atomic E-state index is 5.56. The van der Waals surface area contributed by atoms with Crippen LogP contribution in [0.2, 0.25) is 0 Å². The Morgan fingerprint density at radius 2 is 2.35 bits per heavy atom. The lowest BCUT2D eigenvalue weighted by Crippen LogP contribution is -2.53. The Morgan fingerprint density at radius 1 is 1.59 bits per heavy atom. The van der Waals surface area contributed by atoms with E-state index >= 15 is 0 Å². The van der Waals surface area contributed by atoms with Gasteiger partial charge in [-0.2, -0.15) is 0 Å². The van der Waals surface area contributed by atoms with Crippen LogP contribution in [0.5, 0.6) is 0 Å². The Morgan fingerprint density at radius 3 is 3.00 bits per heavy atom. The third-order valence-electron chi connectivity index (χ3n) is 3.52. The molecule has 3 heteroatoms. The van der Waals surface area contributed by atoms with E-state index in [4.69, 9.17) is 4.74 Å². The van der Waals surface area contributed by atoms with Crippen LogP contribution >= 0.6 is 0 Å². The van der Waals surface area contributed by atoms with Crippen LogP contribution in [0.1, 0.15) is 27.2 Å². The molecular formula is C14H28N2O. The molecule has 3 nitrogen and oxygen atoms in total. The lowest BCUT2D eigenvalue weighted by Gasteiger charge is -2.36. The fourth-order valence-corrected chi connectivity index (χ4v) is 2.15. The van der Waals surface area contributed by atoms with Gasteiger partial charge in [0.25, 0.3) is 0 Å². The molecule has 1 fully saturated rings. The molecule has 0 bridgehead atoms. The molecule has 0 aromatic rings. The summed E-state index contributed by atoms with van der Waals surface area (Å²) in [6.07, 6.45) is 1.25. The molecule has 0 spiro atoms. The first-order valence-corrected chi connectivity index (χ1v) is 6.81. The smallest absolute Gasteiger partial charge is 0.0672 e. The van der Waals surface area contributed by atoms with Crippen molar-refractivity contribution in [3.05, 3.63) is 12.2 Å². The number of piperazine rings is 1. The van der Waals surface area contributed by atoms with E-state index in [2.05, 4.69) is 30.6 Å². The first-order valence-electron chi connectivity index (χ1n) is 6.81. The van der Waals surface area contributed by atoms with Crippen molar-refractivity contribution in [1.29, 1.82) is 0 Å². The van der Waals surface area contributed by atoms with Gasteiger partial charge in [0.1, 0.15) is 0 Å². The first kappa shape index (κ1) is 14.7. The van der Waals surface area contributed by atoms with Crippen molar-refractivity contribution in [2.45, 2.75) is 33.2 Å². The van der Waals surface area contributed by atoms with Crippen molar-refractivity contribution >= 4 is 0 Å². The molecule has 1 rings (SSSR count). The van der Waals surface area contributed by atoms with E-state index in [9.17, 15) is 0 Å². The lowest BCUT2D eigenvalue weighted by molar-refractivity contribution is 0.0968. The third-order valence-corrected chi connectivity index (χ3v) is 3.52. The number of rotatable bonds is 7. The summed E-state index contributed by atoms with van der Waals surface area (Å²) in [5, 5.41) is 3.61. The van der Waals surface area contributed by atoms with E-state index in [1.165, 1.54) is 6.42 Å². The van der Waals surface area contributed by atoms with Crippen molar-refractivity contribution < 1.29 is 4.74 Å². The highest BCUT2D eigenvalue weighted by Gasteiger charge is 2.22. The van der Waals surface area contributed by atoms with Gasteiger partial charge in [0.15, 0.2) is 0 Å². The van der Waals surface area contributed by atoms with Gasteiger partial charge in [-0.3, -0.25) is 4.90 Å². The predicted molar refractivity (Wildman–Crippen MR) is 73.3 cm³/mol. The fraction of sp³-hybridized carbons (Fsp3) is 0.857. The average molecular weight is 240 g/mol. The summed E-state index contributed by atoms with van der Waals surface area (Å²) in [5.41, 5.74) is 1.10. The van der Waals surface area contributed by atoms with Crippen molar-refractivity contribution in [3.8, 4) is 0 Å². The van der Waals surface area contributed by atoms with Gasteiger partial charge in [0, 0.05) is 32.2 Å². The van der Waals surface area contributed by atoms with Crippen molar-refractivity contribution in [3.63, 3.8) is 0 Å². The van der Waals surface area contributed by atoms with Crippen LogP contribution in [0.15, 0.2) is 12.2 Å². The zero-order chi connectivity index (χ0) is 12.7. The minimum Gasteiger partial charge on any atom is -0.376 e. The van der Waals surface area contributed by atoms with Crippen LogP contribution in [0, 0.1) is 5.92 Å². The SMILES string of the molecule is C=C(C)COCCN1CCNC(C(C)CC)C1. The molecule has 1 saturated heterocycles. The molecule has 1 N–H and O–H groups in total. The topological polar surface area (TPSA) is 24.5 Å². The molecule has 0 aromatic carbocycles. The normalized spacial score (nSPS) is 23.6. The monoisotopic (exact) mass is 240 g/mol. The first-order chi connectivity index (χ1) is 8.13. The van der Waals surface area contributed by atoms with Gasteiger partial charge in [-0.25, -0.2) is 0 Å². The van der Waals surface area contributed by atoms with Gasteiger partial charge in [0.05, 0.1) is 13.2 Å². The van der Waals surface area contributed by atoms with Gasteiger partial charge in [-0.15, -0.1) is 0 Å². The minimum atomic E-state index is 0.648. The molecule has 2 unspecified atom stereocenters. The Balaban J connectivity index is 2.18. The van der Waals surface area contributed by atoms with Crippen LogP contribution in [0.25, 0.3) is 0 Å². The summed E-state index contributed by atoms with van der Waals surface area (Å²) in [6.45, 7) is 16.4. The molecule has 2 atom stereocenters. The molecule has 1 aliphatic heterocycles. The quantitative estimate of drug-likeness (QED) is 0.543. The third kappa shape index (κ3) is 5.66. The van der Waals surface area contributed by atoms with Crippen LogP contribution < -0.4 is 5.32 Å². The summed E-state index contributed by atoms with van der Waals surface area (Å²) in [7, 11) is 0. The summed E-state index contributed by atoms with van der Waals surface area (Å²) >= 11 is 0. The number of ether oxygens (including phenoxy) is 1. The molecule has 100 valence electrons. The molecule has 0 amide bonds. The van der Waals surface area contributed by atoms with E-state index in [1.54, 1.807) is 0 Å². The molecule has 17 heavy (non-hydrogen) atoms. The summed E-state index contributed by atoms with van der Waals surface area (Å²) in [4.78, 5) is 2.51. The van der Waals surface area contributed by atoms with E-state index in [-0.39, 0.29) is 0 Å². The minimum absolute atomic E-state index is 0.648. The van der Waals surface area contributed by atoms with E-state index < -0.39 is 0 Å². The number of nitrogens with zero attached hydrogens (tertiary/aromatic N) is 1. The highest BCUT2D eigenvalue weighted by atomic mass is 16.5. The van der Waals surface area contributed by atoms with E-state index in [0.29, 0.717) is 12.6 Å². The zero-order valence-electron chi connectivity index (χ0n) is 11.7. The Kier molecular flexibility index (Phi) is 6.78. The van der Waals surface area contributed by atoms with Crippen LogP contribution in [-0.4, -0.2) is 50.3 Å². The zero-order valence-corrected chi connectivity index (χ0v) is 11.7. The predicted octanol–water partition coefficient (Wildman–Crippen LogP) is 1.90. The van der Waals surface area contributed by atoms with E-state index in [0.717, 1.165) is 44.3 Å². The maximum atomic E-state index is 5.56. The summed E-state index contributed by atoms with van der Waals surface area (Å²) in [6, 6.07) is 0.648.